The van der Waals surface area contributed by atoms with Gasteiger partial charge >= 0.3 is 0 Å². The number of ether oxygens (including phenoxy) is 2. The molecule has 0 saturated carbocycles. The number of carbonyl (C=O) groups is 1. The molecule has 6 nitrogen and oxygen atoms in total. The predicted octanol–water partition coefficient (Wildman–Crippen LogP) is 4.97. The van der Waals surface area contributed by atoms with Crippen molar-refractivity contribution in [1.29, 1.82) is 0 Å². The Labute approximate surface area is 180 Å². The van der Waals surface area contributed by atoms with Crippen molar-refractivity contribution in [1.82, 2.24) is 9.97 Å². The summed E-state index contributed by atoms with van der Waals surface area (Å²) >= 11 is 6.23. The smallest absolute Gasteiger partial charge is 0.257 e. The SMILES string of the molecule is COC[C@H](C)Oc1cc(/C=C/c2ccccc2Cl)cc(C(=O)Nc2cnccn2)c1. The largest absolute Gasteiger partial charge is 0.488 e. The summed E-state index contributed by atoms with van der Waals surface area (Å²) in [6, 6.07) is 12.8. The minimum Gasteiger partial charge on any atom is -0.488 e. The number of hydrogen-bond donors (Lipinski definition) is 1. The van der Waals surface area contributed by atoms with Gasteiger partial charge in [-0.15, -0.1) is 0 Å². The molecule has 0 aliphatic rings. The Morgan fingerprint density at radius 3 is 2.77 bits per heavy atom. The van der Waals surface area contributed by atoms with Gasteiger partial charge in [0.25, 0.3) is 5.91 Å². The first-order valence-corrected chi connectivity index (χ1v) is 9.73. The molecule has 0 bridgehead atoms. The molecule has 7 heteroatoms. The molecular formula is C23H22ClN3O3. The second-order valence-electron chi connectivity index (χ2n) is 6.57. The lowest BCUT2D eigenvalue weighted by atomic mass is 10.1. The first-order chi connectivity index (χ1) is 14.5. The Hall–Kier alpha value is -3.22. The zero-order chi connectivity index (χ0) is 21.3. The third-order valence-corrected chi connectivity index (χ3v) is 4.44. The van der Waals surface area contributed by atoms with Crippen LogP contribution in [0.15, 0.2) is 61.1 Å². The van der Waals surface area contributed by atoms with Gasteiger partial charge in [-0.1, -0.05) is 42.0 Å². The van der Waals surface area contributed by atoms with E-state index in [4.69, 9.17) is 21.1 Å². The second kappa shape index (κ2) is 10.5. The van der Waals surface area contributed by atoms with E-state index in [-0.39, 0.29) is 12.0 Å². The number of nitrogens with zero attached hydrogens (tertiary/aromatic N) is 2. The number of rotatable bonds is 8. The molecule has 1 aromatic heterocycles. The van der Waals surface area contributed by atoms with Crippen LogP contribution in [0.25, 0.3) is 12.2 Å². The highest BCUT2D eigenvalue weighted by Gasteiger charge is 2.12. The monoisotopic (exact) mass is 423 g/mol. The van der Waals surface area contributed by atoms with E-state index in [0.717, 1.165) is 11.1 Å². The van der Waals surface area contributed by atoms with E-state index in [1.165, 1.54) is 12.4 Å². The molecule has 0 aliphatic heterocycles. The van der Waals surface area contributed by atoms with E-state index >= 15 is 0 Å². The fourth-order valence-electron chi connectivity index (χ4n) is 2.77. The highest BCUT2D eigenvalue weighted by Crippen LogP contribution is 2.23. The Bertz CT molecular complexity index is 1030. The predicted molar refractivity (Wildman–Crippen MR) is 119 cm³/mol. The third-order valence-electron chi connectivity index (χ3n) is 4.10. The fourth-order valence-corrected chi connectivity index (χ4v) is 2.97. The summed E-state index contributed by atoms with van der Waals surface area (Å²) < 4.78 is 11.1. The number of methoxy groups -OCH3 is 1. The van der Waals surface area contributed by atoms with Crippen molar-refractivity contribution in [3.8, 4) is 5.75 Å². The highest BCUT2D eigenvalue weighted by molar-refractivity contribution is 6.32. The second-order valence-corrected chi connectivity index (χ2v) is 6.98. The van der Waals surface area contributed by atoms with Crippen molar-refractivity contribution in [2.45, 2.75) is 13.0 Å². The fraction of sp³-hybridized carbons (Fsp3) is 0.174. The molecule has 154 valence electrons. The van der Waals surface area contributed by atoms with Gasteiger partial charge in [0.2, 0.25) is 0 Å². The highest BCUT2D eigenvalue weighted by atomic mass is 35.5. The zero-order valence-electron chi connectivity index (χ0n) is 16.7. The van der Waals surface area contributed by atoms with Gasteiger partial charge < -0.3 is 14.8 Å². The number of nitrogens with one attached hydrogen (secondary N) is 1. The molecule has 2 aromatic carbocycles. The molecule has 1 atom stereocenters. The van der Waals surface area contributed by atoms with Gasteiger partial charge in [0.05, 0.1) is 12.8 Å². The van der Waals surface area contributed by atoms with Crippen molar-refractivity contribution < 1.29 is 14.3 Å². The normalized spacial score (nSPS) is 12.0. The van der Waals surface area contributed by atoms with Crippen LogP contribution in [0.1, 0.15) is 28.4 Å². The quantitative estimate of drug-likeness (QED) is 0.518. The molecule has 0 unspecified atom stereocenters. The first-order valence-electron chi connectivity index (χ1n) is 9.36. The summed E-state index contributed by atoms with van der Waals surface area (Å²) in [5, 5.41) is 3.38. The summed E-state index contributed by atoms with van der Waals surface area (Å²) in [4.78, 5) is 20.8. The van der Waals surface area contributed by atoms with Crippen molar-refractivity contribution in [2.24, 2.45) is 0 Å². The summed E-state index contributed by atoms with van der Waals surface area (Å²) in [5.74, 6) is 0.618. The molecule has 0 aliphatic carbocycles. The zero-order valence-corrected chi connectivity index (χ0v) is 17.5. The van der Waals surface area contributed by atoms with Crippen molar-refractivity contribution >= 4 is 35.5 Å². The van der Waals surface area contributed by atoms with Gasteiger partial charge in [0.15, 0.2) is 5.82 Å². The average molecular weight is 424 g/mol. The van der Waals surface area contributed by atoms with Crippen LogP contribution in [0.4, 0.5) is 5.82 Å². The van der Waals surface area contributed by atoms with E-state index in [9.17, 15) is 4.79 Å². The van der Waals surface area contributed by atoms with Crippen LogP contribution in [0.5, 0.6) is 5.75 Å². The number of aromatic nitrogens is 2. The van der Waals surface area contributed by atoms with Gasteiger partial charge in [0, 0.05) is 30.1 Å². The average Bonchev–Trinajstić information content (AvgIpc) is 2.74. The molecule has 1 N–H and O–H groups in total. The van der Waals surface area contributed by atoms with E-state index in [2.05, 4.69) is 15.3 Å². The third kappa shape index (κ3) is 6.14. The summed E-state index contributed by atoms with van der Waals surface area (Å²) in [7, 11) is 1.61. The molecular weight excluding hydrogens is 402 g/mol. The van der Waals surface area contributed by atoms with Crippen LogP contribution >= 0.6 is 11.6 Å². The van der Waals surface area contributed by atoms with Crippen LogP contribution in [0.2, 0.25) is 5.02 Å². The molecule has 30 heavy (non-hydrogen) atoms. The summed E-state index contributed by atoms with van der Waals surface area (Å²) in [6.07, 6.45) is 8.14. The lowest BCUT2D eigenvalue weighted by Gasteiger charge is -2.15. The number of carbonyl (C=O) groups excluding carboxylic acids is 1. The topological polar surface area (TPSA) is 73.3 Å². The number of benzene rings is 2. The van der Waals surface area contributed by atoms with Crippen molar-refractivity contribution in [2.75, 3.05) is 19.0 Å². The number of hydrogen-bond acceptors (Lipinski definition) is 5. The first kappa shape index (κ1) is 21.5. The molecule has 0 spiro atoms. The van der Waals surface area contributed by atoms with Crippen molar-refractivity contribution in [3.63, 3.8) is 0 Å². The van der Waals surface area contributed by atoms with E-state index in [1.54, 1.807) is 25.4 Å². The van der Waals surface area contributed by atoms with Crippen LogP contribution in [0, 0.1) is 0 Å². The molecule has 3 rings (SSSR count). The van der Waals surface area contributed by atoms with E-state index < -0.39 is 0 Å². The van der Waals surface area contributed by atoms with Crippen LogP contribution < -0.4 is 10.1 Å². The number of anilines is 1. The standard InChI is InChI=1S/C23H22ClN3O3/c1-16(15-29-2)30-20-12-17(7-8-18-5-3-4-6-21(18)24)11-19(13-20)23(28)27-22-14-25-9-10-26-22/h3-14,16H,15H2,1-2H3,(H,26,27,28)/b8-7+/t16-/m0/s1. The molecule has 1 amide bonds. The minimum atomic E-state index is -0.312. The maximum atomic E-state index is 12.8. The van der Waals surface area contributed by atoms with Crippen molar-refractivity contribution in [3.05, 3.63) is 82.8 Å². The molecule has 0 radical (unpaired) electrons. The minimum absolute atomic E-state index is 0.173. The van der Waals surface area contributed by atoms with Crippen LogP contribution in [-0.4, -0.2) is 35.7 Å². The summed E-state index contributed by atoms with van der Waals surface area (Å²) in [5.41, 5.74) is 2.10. The lowest BCUT2D eigenvalue weighted by molar-refractivity contribution is 0.0917. The Morgan fingerprint density at radius 1 is 1.20 bits per heavy atom. The molecule has 0 fully saturated rings. The van der Waals surface area contributed by atoms with Gasteiger partial charge in [-0.3, -0.25) is 9.78 Å². The Morgan fingerprint density at radius 2 is 2.03 bits per heavy atom. The van der Waals surface area contributed by atoms with Gasteiger partial charge in [0.1, 0.15) is 11.9 Å². The van der Waals surface area contributed by atoms with Gasteiger partial charge in [-0.05, 0) is 42.3 Å². The number of amides is 1. The molecule has 3 aromatic rings. The maximum absolute atomic E-state index is 12.8. The van der Waals surface area contributed by atoms with E-state index in [1.807, 2.05) is 49.4 Å². The van der Waals surface area contributed by atoms with Crippen LogP contribution in [-0.2, 0) is 4.74 Å². The Kier molecular flexibility index (Phi) is 7.54. The summed E-state index contributed by atoms with van der Waals surface area (Å²) in [6.45, 7) is 2.33. The van der Waals surface area contributed by atoms with Crippen LogP contribution in [0.3, 0.4) is 0 Å². The molecule has 1 heterocycles. The maximum Gasteiger partial charge on any atom is 0.257 e. The number of halogens is 1. The van der Waals surface area contributed by atoms with Gasteiger partial charge in [-0.25, -0.2) is 4.98 Å². The Balaban J connectivity index is 1.89. The van der Waals surface area contributed by atoms with E-state index in [0.29, 0.717) is 28.8 Å². The molecule has 0 saturated heterocycles. The lowest BCUT2D eigenvalue weighted by Crippen LogP contribution is -2.19. The van der Waals surface area contributed by atoms with Gasteiger partial charge in [-0.2, -0.15) is 0 Å².